The molecule has 0 radical (unpaired) electrons. The van der Waals surface area contributed by atoms with E-state index >= 15 is 0 Å². The van der Waals surface area contributed by atoms with Gasteiger partial charge in [-0.15, -0.1) is 0 Å². The minimum Gasteiger partial charge on any atom is -0.444 e. The fourth-order valence-electron chi connectivity index (χ4n) is 4.15. The predicted octanol–water partition coefficient (Wildman–Crippen LogP) is 0.960. The average Bonchev–Trinajstić information content (AvgIpc) is 3.20. The Hall–Kier alpha value is -1.99. The number of hydrogen-bond acceptors (Lipinski definition) is 7. The lowest BCUT2D eigenvalue weighted by Gasteiger charge is -2.47. The van der Waals surface area contributed by atoms with E-state index in [-0.39, 0.29) is 0 Å². The van der Waals surface area contributed by atoms with Crippen molar-refractivity contribution in [3.63, 3.8) is 0 Å². The van der Waals surface area contributed by atoms with Gasteiger partial charge in [0.15, 0.2) is 0 Å². The van der Waals surface area contributed by atoms with Gasteiger partial charge >= 0.3 is 0 Å². The summed E-state index contributed by atoms with van der Waals surface area (Å²) in [6.07, 6.45) is 7.00. The molecule has 7 heteroatoms. The van der Waals surface area contributed by atoms with Crippen molar-refractivity contribution >= 4 is 5.95 Å². The second kappa shape index (κ2) is 6.38. The lowest BCUT2D eigenvalue weighted by molar-refractivity contribution is 0.0204. The summed E-state index contributed by atoms with van der Waals surface area (Å²) in [5, 5.41) is 0. The van der Waals surface area contributed by atoms with Crippen molar-refractivity contribution in [2.45, 2.75) is 31.8 Å². The maximum atomic E-state index is 5.89. The van der Waals surface area contributed by atoms with Crippen LogP contribution in [0.1, 0.15) is 23.8 Å². The Kier molecular flexibility index (Phi) is 3.90. The van der Waals surface area contributed by atoms with Gasteiger partial charge in [0.25, 0.3) is 0 Å². The maximum Gasteiger partial charge on any atom is 0.225 e. The van der Waals surface area contributed by atoms with Crippen LogP contribution in [0.5, 0.6) is 0 Å². The molecule has 2 aromatic heterocycles. The Labute approximate surface area is 147 Å². The van der Waals surface area contributed by atoms with Crippen molar-refractivity contribution in [2.75, 3.05) is 44.2 Å². The fraction of sp³-hybridized carbons (Fsp3) is 0.611. The Balaban J connectivity index is 1.09. The van der Waals surface area contributed by atoms with E-state index in [4.69, 9.17) is 4.42 Å². The lowest BCUT2D eigenvalue weighted by Crippen LogP contribution is -2.62. The van der Waals surface area contributed by atoms with Crippen LogP contribution in [0.25, 0.3) is 0 Å². The molecule has 0 N–H and O–H groups in total. The largest absolute Gasteiger partial charge is 0.444 e. The number of anilines is 1. The van der Waals surface area contributed by atoms with Crippen molar-refractivity contribution in [3.8, 4) is 0 Å². The van der Waals surface area contributed by atoms with E-state index in [0.29, 0.717) is 6.04 Å². The van der Waals surface area contributed by atoms with Gasteiger partial charge < -0.3 is 9.32 Å². The number of rotatable bonds is 4. The van der Waals surface area contributed by atoms with Crippen molar-refractivity contribution in [1.29, 1.82) is 0 Å². The van der Waals surface area contributed by atoms with Crippen LogP contribution in [0.2, 0.25) is 0 Å². The van der Waals surface area contributed by atoms with E-state index in [1.54, 1.807) is 0 Å². The van der Waals surface area contributed by atoms with E-state index in [2.05, 4.69) is 29.7 Å². The molecule has 0 bridgehead atoms. The summed E-state index contributed by atoms with van der Waals surface area (Å²) in [6, 6.07) is 2.53. The van der Waals surface area contributed by atoms with Crippen LogP contribution in [-0.4, -0.2) is 70.1 Å². The molecule has 0 amide bonds. The molecule has 2 fully saturated rings. The Bertz CT molecular complexity index is 697. The summed E-state index contributed by atoms with van der Waals surface area (Å²) in [5.41, 5.74) is 1.20. The Morgan fingerprint density at radius 3 is 2.60 bits per heavy atom. The van der Waals surface area contributed by atoms with Crippen LogP contribution >= 0.6 is 0 Å². The number of aromatic nitrogens is 3. The molecule has 7 nitrogen and oxygen atoms in total. The molecule has 3 aliphatic rings. The van der Waals surface area contributed by atoms with Gasteiger partial charge in [0, 0.05) is 64.1 Å². The summed E-state index contributed by atoms with van der Waals surface area (Å²) >= 11 is 0. The van der Waals surface area contributed by atoms with Gasteiger partial charge in [0.05, 0.1) is 12.2 Å². The van der Waals surface area contributed by atoms with E-state index in [1.165, 1.54) is 12.1 Å². The van der Waals surface area contributed by atoms with E-state index in [1.807, 2.05) is 18.5 Å². The topological polar surface area (TPSA) is 61.5 Å². The lowest BCUT2D eigenvalue weighted by atomic mass is 10.1. The third-order valence-electron chi connectivity index (χ3n) is 5.60. The number of hydrogen-bond donors (Lipinski definition) is 0. The van der Waals surface area contributed by atoms with Crippen LogP contribution in [0.4, 0.5) is 5.95 Å². The van der Waals surface area contributed by atoms with Crippen LogP contribution in [-0.2, 0) is 19.4 Å². The molecular weight excluding hydrogens is 316 g/mol. The van der Waals surface area contributed by atoms with Gasteiger partial charge in [-0.3, -0.25) is 9.80 Å². The predicted molar refractivity (Wildman–Crippen MR) is 93.4 cm³/mol. The number of likely N-dealkylation sites (tertiary alicyclic amines) is 1. The van der Waals surface area contributed by atoms with E-state index in [0.717, 1.165) is 76.3 Å². The molecule has 2 aromatic rings. The van der Waals surface area contributed by atoms with Crippen LogP contribution < -0.4 is 4.90 Å². The van der Waals surface area contributed by atoms with Gasteiger partial charge in [-0.05, 0) is 18.9 Å². The maximum absolute atomic E-state index is 5.89. The van der Waals surface area contributed by atoms with E-state index < -0.39 is 0 Å². The average molecular weight is 340 g/mol. The first-order chi connectivity index (χ1) is 12.3. The Morgan fingerprint density at radius 1 is 1.04 bits per heavy atom. The summed E-state index contributed by atoms with van der Waals surface area (Å²) in [7, 11) is 0. The first kappa shape index (κ1) is 15.3. The summed E-state index contributed by atoms with van der Waals surface area (Å²) in [6.45, 7) is 7.29. The summed E-state index contributed by atoms with van der Waals surface area (Å²) in [4.78, 5) is 20.7. The van der Waals surface area contributed by atoms with Crippen LogP contribution in [0.15, 0.2) is 22.9 Å². The summed E-state index contributed by atoms with van der Waals surface area (Å²) < 4.78 is 5.89. The minimum absolute atomic E-state index is 0.667. The molecule has 2 aliphatic heterocycles. The Morgan fingerprint density at radius 2 is 1.84 bits per heavy atom. The van der Waals surface area contributed by atoms with Gasteiger partial charge in [0.1, 0.15) is 5.76 Å². The highest BCUT2D eigenvalue weighted by atomic mass is 16.4. The zero-order valence-electron chi connectivity index (χ0n) is 14.5. The molecule has 5 rings (SSSR count). The molecule has 2 saturated heterocycles. The van der Waals surface area contributed by atoms with Crippen molar-refractivity contribution in [2.24, 2.45) is 0 Å². The second-order valence-corrected chi connectivity index (χ2v) is 7.25. The summed E-state index contributed by atoms with van der Waals surface area (Å²) in [5.74, 6) is 2.90. The van der Waals surface area contributed by atoms with Crippen LogP contribution in [0.3, 0.4) is 0 Å². The quantitative estimate of drug-likeness (QED) is 0.821. The normalized spacial score (nSPS) is 22.2. The highest BCUT2D eigenvalue weighted by Gasteiger charge is 2.34. The first-order valence-electron chi connectivity index (χ1n) is 9.31. The molecule has 25 heavy (non-hydrogen) atoms. The zero-order chi connectivity index (χ0) is 16.6. The third kappa shape index (κ3) is 3.02. The highest BCUT2D eigenvalue weighted by Crippen LogP contribution is 2.25. The zero-order valence-corrected chi connectivity index (χ0v) is 14.5. The molecule has 0 saturated carbocycles. The molecule has 0 unspecified atom stereocenters. The van der Waals surface area contributed by atoms with Crippen molar-refractivity contribution in [3.05, 3.63) is 35.8 Å². The molecule has 132 valence electrons. The standard InChI is InChI=1S/C18H24N6O/c1-3-15-16(4-1)25-17(21-15)13-22-11-14(12-22)23-7-9-24(10-8-23)18-19-5-2-6-20-18/h2,5-6,14H,1,3-4,7-13H2. The van der Waals surface area contributed by atoms with Crippen molar-refractivity contribution < 1.29 is 4.42 Å². The number of aryl methyl sites for hydroxylation is 2. The smallest absolute Gasteiger partial charge is 0.225 e. The number of piperazine rings is 1. The highest BCUT2D eigenvalue weighted by molar-refractivity contribution is 5.29. The fourth-order valence-corrected chi connectivity index (χ4v) is 4.15. The monoisotopic (exact) mass is 340 g/mol. The van der Waals surface area contributed by atoms with Crippen molar-refractivity contribution in [1.82, 2.24) is 24.8 Å². The number of oxazole rings is 1. The van der Waals surface area contributed by atoms with Gasteiger partial charge in [0.2, 0.25) is 11.8 Å². The minimum atomic E-state index is 0.667. The first-order valence-corrected chi connectivity index (χ1v) is 9.31. The molecular formula is C18H24N6O. The molecule has 0 aromatic carbocycles. The SMILES string of the molecule is c1cnc(N2CCN(C3CN(Cc4nc5c(o4)CCC5)C3)CC2)nc1. The number of fused-ring (bicyclic) bond motifs is 1. The van der Waals surface area contributed by atoms with Gasteiger partial charge in [-0.25, -0.2) is 15.0 Å². The number of nitrogens with zero attached hydrogens (tertiary/aromatic N) is 6. The molecule has 0 spiro atoms. The molecule has 1 aliphatic carbocycles. The molecule has 4 heterocycles. The van der Waals surface area contributed by atoms with Gasteiger partial charge in [-0.1, -0.05) is 0 Å². The van der Waals surface area contributed by atoms with Gasteiger partial charge in [-0.2, -0.15) is 0 Å². The van der Waals surface area contributed by atoms with Crippen LogP contribution in [0, 0.1) is 0 Å². The second-order valence-electron chi connectivity index (χ2n) is 7.25. The molecule has 0 atom stereocenters. The van der Waals surface area contributed by atoms with E-state index in [9.17, 15) is 0 Å². The third-order valence-corrected chi connectivity index (χ3v) is 5.60.